The standard InChI is InChI=1S/C19H24N2O/c1-20-17-12-19(16-6-4-3-5-7-16)21(14-17)13-15-8-10-18(22-2)11-9-15/h3-11,17,19-20H,12-14H2,1-2H3. The number of ether oxygens (including phenoxy) is 1. The normalized spacial score (nSPS) is 21.9. The van der Waals surface area contributed by atoms with Crippen molar-refractivity contribution < 1.29 is 4.74 Å². The Morgan fingerprint density at radius 3 is 2.45 bits per heavy atom. The summed E-state index contributed by atoms with van der Waals surface area (Å²) < 4.78 is 5.24. The maximum absolute atomic E-state index is 5.24. The third-order valence-corrected chi connectivity index (χ3v) is 4.54. The van der Waals surface area contributed by atoms with E-state index >= 15 is 0 Å². The van der Waals surface area contributed by atoms with Gasteiger partial charge < -0.3 is 10.1 Å². The average molecular weight is 296 g/mol. The second kappa shape index (κ2) is 6.95. The van der Waals surface area contributed by atoms with E-state index in [0.29, 0.717) is 12.1 Å². The Labute approximate surface area is 132 Å². The van der Waals surface area contributed by atoms with Crippen molar-refractivity contribution in [3.8, 4) is 5.75 Å². The zero-order valence-corrected chi connectivity index (χ0v) is 13.3. The third-order valence-electron chi connectivity index (χ3n) is 4.54. The first kappa shape index (κ1) is 15.1. The highest BCUT2D eigenvalue weighted by molar-refractivity contribution is 5.28. The average Bonchev–Trinajstić information content (AvgIpc) is 2.99. The van der Waals surface area contributed by atoms with Gasteiger partial charge in [-0.15, -0.1) is 0 Å². The Balaban J connectivity index is 1.77. The highest BCUT2D eigenvalue weighted by atomic mass is 16.5. The fourth-order valence-electron chi connectivity index (χ4n) is 3.27. The Bertz CT molecular complexity index is 582. The van der Waals surface area contributed by atoms with Crippen molar-refractivity contribution in [2.45, 2.75) is 25.0 Å². The van der Waals surface area contributed by atoms with E-state index in [1.165, 1.54) is 11.1 Å². The number of hydrogen-bond acceptors (Lipinski definition) is 3. The van der Waals surface area contributed by atoms with Crippen LogP contribution in [0.1, 0.15) is 23.6 Å². The minimum atomic E-state index is 0.487. The molecular weight excluding hydrogens is 272 g/mol. The molecule has 3 rings (SSSR count). The minimum absolute atomic E-state index is 0.487. The van der Waals surface area contributed by atoms with E-state index in [1.807, 2.05) is 12.1 Å². The molecule has 116 valence electrons. The summed E-state index contributed by atoms with van der Waals surface area (Å²) in [7, 11) is 3.77. The highest BCUT2D eigenvalue weighted by Gasteiger charge is 2.31. The summed E-state index contributed by atoms with van der Waals surface area (Å²) in [6, 6.07) is 20.3. The van der Waals surface area contributed by atoms with Crippen molar-refractivity contribution in [1.82, 2.24) is 10.2 Å². The molecule has 2 aromatic rings. The monoisotopic (exact) mass is 296 g/mol. The van der Waals surface area contributed by atoms with Crippen LogP contribution in [0.5, 0.6) is 5.75 Å². The Morgan fingerprint density at radius 1 is 1.09 bits per heavy atom. The van der Waals surface area contributed by atoms with Gasteiger partial charge in [0.25, 0.3) is 0 Å². The summed E-state index contributed by atoms with van der Waals surface area (Å²) in [5, 5.41) is 3.44. The molecule has 0 aromatic heterocycles. The Kier molecular flexibility index (Phi) is 4.76. The maximum Gasteiger partial charge on any atom is 0.118 e. The highest BCUT2D eigenvalue weighted by Crippen LogP contribution is 2.33. The topological polar surface area (TPSA) is 24.5 Å². The van der Waals surface area contributed by atoms with Gasteiger partial charge in [0.15, 0.2) is 0 Å². The van der Waals surface area contributed by atoms with Crippen molar-refractivity contribution in [2.24, 2.45) is 0 Å². The molecule has 0 saturated carbocycles. The van der Waals surface area contributed by atoms with Crippen LogP contribution in [0.15, 0.2) is 54.6 Å². The van der Waals surface area contributed by atoms with Gasteiger partial charge in [-0.05, 0) is 36.7 Å². The van der Waals surface area contributed by atoms with Gasteiger partial charge in [0.1, 0.15) is 5.75 Å². The van der Waals surface area contributed by atoms with E-state index in [9.17, 15) is 0 Å². The van der Waals surface area contributed by atoms with Crippen molar-refractivity contribution in [3.63, 3.8) is 0 Å². The second-order valence-corrected chi connectivity index (χ2v) is 5.93. The predicted octanol–water partition coefficient (Wildman–Crippen LogP) is 3.23. The molecule has 1 aliphatic rings. The zero-order chi connectivity index (χ0) is 15.4. The molecule has 0 radical (unpaired) electrons. The van der Waals surface area contributed by atoms with Crippen LogP contribution in [0.2, 0.25) is 0 Å². The fourth-order valence-corrected chi connectivity index (χ4v) is 3.27. The number of rotatable bonds is 5. The number of nitrogens with one attached hydrogen (secondary N) is 1. The molecule has 2 aromatic carbocycles. The molecule has 3 nitrogen and oxygen atoms in total. The molecule has 0 aliphatic carbocycles. The predicted molar refractivity (Wildman–Crippen MR) is 90.1 cm³/mol. The van der Waals surface area contributed by atoms with Gasteiger partial charge in [-0.1, -0.05) is 42.5 Å². The molecule has 1 saturated heterocycles. The number of benzene rings is 2. The number of nitrogens with zero attached hydrogens (tertiary/aromatic N) is 1. The van der Waals surface area contributed by atoms with E-state index in [4.69, 9.17) is 4.74 Å². The van der Waals surface area contributed by atoms with E-state index in [1.54, 1.807) is 7.11 Å². The fraction of sp³-hybridized carbons (Fsp3) is 0.368. The van der Waals surface area contributed by atoms with Gasteiger partial charge in [0.2, 0.25) is 0 Å². The van der Waals surface area contributed by atoms with Crippen LogP contribution < -0.4 is 10.1 Å². The lowest BCUT2D eigenvalue weighted by molar-refractivity contribution is 0.246. The first-order chi connectivity index (χ1) is 10.8. The summed E-state index contributed by atoms with van der Waals surface area (Å²) in [5.74, 6) is 0.915. The summed E-state index contributed by atoms with van der Waals surface area (Å²) in [6.45, 7) is 2.06. The van der Waals surface area contributed by atoms with E-state index in [0.717, 1.165) is 25.3 Å². The second-order valence-electron chi connectivity index (χ2n) is 5.93. The number of likely N-dealkylation sites (N-methyl/N-ethyl adjacent to an activating group) is 1. The van der Waals surface area contributed by atoms with Crippen LogP contribution in [-0.2, 0) is 6.54 Å². The van der Waals surface area contributed by atoms with Crippen molar-refractivity contribution in [1.29, 1.82) is 0 Å². The summed E-state index contributed by atoms with van der Waals surface area (Å²) in [5.41, 5.74) is 2.74. The van der Waals surface area contributed by atoms with Gasteiger partial charge in [0, 0.05) is 25.2 Å². The molecule has 1 fully saturated rings. The van der Waals surface area contributed by atoms with Gasteiger partial charge in [-0.3, -0.25) is 4.90 Å². The van der Waals surface area contributed by atoms with Crippen LogP contribution in [0, 0.1) is 0 Å². The number of hydrogen-bond donors (Lipinski definition) is 1. The maximum atomic E-state index is 5.24. The molecule has 0 bridgehead atoms. The van der Waals surface area contributed by atoms with Crippen LogP contribution in [0.4, 0.5) is 0 Å². The largest absolute Gasteiger partial charge is 0.497 e. The smallest absolute Gasteiger partial charge is 0.118 e. The lowest BCUT2D eigenvalue weighted by Crippen LogP contribution is -2.29. The number of likely N-dealkylation sites (tertiary alicyclic amines) is 1. The summed E-state index contributed by atoms with van der Waals surface area (Å²) in [6.07, 6.45) is 1.16. The van der Waals surface area contributed by atoms with E-state index in [2.05, 4.69) is 59.7 Å². The van der Waals surface area contributed by atoms with Gasteiger partial charge in [-0.2, -0.15) is 0 Å². The molecule has 1 aliphatic heterocycles. The van der Waals surface area contributed by atoms with Crippen LogP contribution in [-0.4, -0.2) is 31.6 Å². The third kappa shape index (κ3) is 3.32. The minimum Gasteiger partial charge on any atom is -0.497 e. The molecule has 1 N–H and O–H groups in total. The Morgan fingerprint density at radius 2 is 1.82 bits per heavy atom. The summed E-state index contributed by atoms with van der Waals surface area (Å²) >= 11 is 0. The first-order valence-electron chi connectivity index (χ1n) is 7.89. The van der Waals surface area contributed by atoms with Crippen molar-refractivity contribution in [3.05, 3.63) is 65.7 Å². The molecule has 1 heterocycles. The van der Waals surface area contributed by atoms with Gasteiger partial charge >= 0.3 is 0 Å². The van der Waals surface area contributed by atoms with Crippen LogP contribution >= 0.6 is 0 Å². The molecule has 3 heteroatoms. The zero-order valence-electron chi connectivity index (χ0n) is 13.3. The first-order valence-corrected chi connectivity index (χ1v) is 7.89. The van der Waals surface area contributed by atoms with Gasteiger partial charge in [0.05, 0.1) is 7.11 Å². The molecule has 22 heavy (non-hydrogen) atoms. The molecule has 0 amide bonds. The molecule has 2 unspecified atom stereocenters. The van der Waals surface area contributed by atoms with Crippen molar-refractivity contribution >= 4 is 0 Å². The van der Waals surface area contributed by atoms with Crippen molar-refractivity contribution in [2.75, 3.05) is 20.7 Å². The lowest BCUT2D eigenvalue weighted by Gasteiger charge is -2.24. The number of methoxy groups -OCH3 is 1. The quantitative estimate of drug-likeness (QED) is 0.917. The SMILES string of the molecule is CNC1CC(c2ccccc2)N(Cc2ccc(OC)cc2)C1. The lowest BCUT2D eigenvalue weighted by atomic mass is 10.0. The summed E-state index contributed by atoms with van der Waals surface area (Å²) in [4.78, 5) is 2.57. The Hall–Kier alpha value is -1.84. The van der Waals surface area contributed by atoms with E-state index < -0.39 is 0 Å². The van der Waals surface area contributed by atoms with Crippen LogP contribution in [0.3, 0.4) is 0 Å². The van der Waals surface area contributed by atoms with Gasteiger partial charge in [-0.25, -0.2) is 0 Å². The molecular formula is C19H24N2O. The van der Waals surface area contributed by atoms with Crippen LogP contribution in [0.25, 0.3) is 0 Å². The molecule has 2 atom stereocenters. The molecule has 0 spiro atoms. The van der Waals surface area contributed by atoms with E-state index in [-0.39, 0.29) is 0 Å².